The Morgan fingerprint density at radius 1 is 0.894 bits per heavy atom. The molecular weight excluding hydrogens is 612 g/mol. The summed E-state index contributed by atoms with van der Waals surface area (Å²) >= 11 is 0. The predicted molar refractivity (Wildman–Crippen MR) is 180 cm³/mol. The molecule has 16 heteroatoms. The van der Waals surface area contributed by atoms with Crippen molar-refractivity contribution in [2.75, 3.05) is 91.4 Å². The number of rotatable bonds is 27. The summed E-state index contributed by atoms with van der Waals surface area (Å²) < 4.78 is 21.8. The van der Waals surface area contributed by atoms with Crippen molar-refractivity contribution < 1.29 is 38.4 Å². The molecule has 1 aromatic rings. The van der Waals surface area contributed by atoms with Crippen molar-refractivity contribution in [3.8, 4) is 5.75 Å². The van der Waals surface area contributed by atoms with Gasteiger partial charge in [-0.3, -0.25) is 14.6 Å². The number of nitrogens with zero attached hydrogens (tertiary/aromatic N) is 3. The molecule has 1 aromatic carbocycles. The van der Waals surface area contributed by atoms with Crippen molar-refractivity contribution in [3.63, 3.8) is 0 Å². The molecule has 0 spiro atoms. The molecular formula is C31H50N8O8. The van der Waals surface area contributed by atoms with Crippen LogP contribution >= 0.6 is 0 Å². The van der Waals surface area contributed by atoms with Gasteiger partial charge in [-0.2, -0.15) is 5.10 Å². The van der Waals surface area contributed by atoms with Gasteiger partial charge in [0.2, 0.25) is 11.8 Å². The summed E-state index contributed by atoms with van der Waals surface area (Å²) in [5.74, 6) is 5.19. The Kier molecular flexibility index (Phi) is 24.1. The third-order valence-electron chi connectivity index (χ3n) is 6.11. The summed E-state index contributed by atoms with van der Waals surface area (Å²) in [6.07, 6.45) is 7.68. The lowest BCUT2D eigenvalue weighted by Crippen LogP contribution is -2.35. The number of aliphatic imine (C=N–C) groups is 1. The fourth-order valence-electron chi connectivity index (χ4n) is 3.55. The SMILES string of the molecule is CN(CCNC(=O)CCOCCOCCOCCOCCN=C/C(CCCCNC(=O)Nc1ccc(O)cc1)=N\N)C(=O)/C=C\C=N. The number of hydrogen-bond acceptors (Lipinski definition) is 12. The van der Waals surface area contributed by atoms with E-state index in [1.54, 1.807) is 25.4 Å². The van der Waals surface area contributed by atoms with Gasteiger partial charge in [0.1, 0.15) is 5.75 Å². The van der Waals surface area contributed by atoms with Crippen molar-refractivity contribution in [2.24, 2.45) is 15.9 Å². The fourth-order valence-corrected chi connectivity index (χ4v) is 3.55. The maximum atomic E-state index is 11.9. The number of carbonyl (C=O) groups is 3. The minimum absolute atomic E-state index is 0.135. The number of nitrogens with one attached hydrogen (secondary N) is 4. The van der Waals surface area contributed by atoms with E-state index < -0.39 is 0 Å². The third-order valence-corrected chi connectivity index (χ3v) is 6.11. The Bertz CT molecular complexity index is 1120. The number of urea groups is 1. The molecule has 0 fully saturated rings. The zero-order chi connectivity index (χ0) is 34.4. The van der Waals surface area contributed by atoms with Gasteiger partial charge in [0, 0.05) is 57.3 Å². The first kappa shape index (κ1) is 40.6. The number of amides is 4. The van der Waals surface area contributed by atoms with Crippen LogP contribution < -0.4 is 21.8 Å². The zero-order valence-electron chi connectivity index (χ0n) is 27.2. The Balaban J connectivity index is 1.88. The predicted octanol–water partition coefficient (Wildman–Crippen LogP) is 1.31. The number of hydrazone groups is 1. The average Bonchev–Trinajstić information content (AvgIpc) is 3.06. The molecule has 0 radical (unpaired) electrons. The normalized spacial score (nSPS) is 11.6. The highest BCUT2D eigenvalue weighted by molar-refractivity contribution is 6.30. The number of unbranched alkanes of at least 4 members (excludes halogenated alkanes) is 1. The van der Waals surface area contributed by atoms with Crippen LogP contribution in [0, 0.1) is 5.41 Å². The van der Waals surface area contributed by atoms with Crippen LogP contribution in [0.5, 0.6) is 5.75 Å². The average molecular weight is 663 g/mol. The van der Waals surface area contributed by atoms with Gasteiger partial charge in [-0.25, -0.2) is 4.79 Å². The summed E-state index contributed by atoms with van der Waals surface area (Å²) in [6.45, 7) is 4.82. The highest BCUT2D eigenvalue weighted by Crippen LogP contribution is 2.13. The molecule has 0 aliphatic rings. The molecule has 0 saturated heterocycles. The van der Waals surface area contributed by atoms with Gasteiger partial charge in [0.05, 0.1) is 65.1 Å². The minimum Gasteiger partial charge on any atom is -0.508 e. The number of allylic oxidation sites excluding steroid dienone is 1. The van der Waals surface area contributed by atoms with Crippen LogP contribution in [0.1, 0.15) is 25.7 Å². The summed E-state index contributed by atoms with van der Waals surface area (Å²) in [5, 5.41) is 28.1. The first-order valence-electron chi connectivity index (χ1n) is 15.5. The number of phenolic OH excluding ortho intramolecular Hbond substituents is 1. The highest BCUT2D eigenvalue weighted by Gasteiger charge is 2.06. The summed E-state index contributed by atoms with van der Waals surface area (Å²) in [7, 11) is 1.62. The standard InChI is InChI=1S/C31H50N8O8/c1-39(30(42)6-4-12-32)16-14-35-29(41)11-17-44-19-21-46-23-24-47-22-20-45-18-15-34-25-27(38-33)5-2-3-13-36-31(43)37-26-7-9-28(40)10-8-26/h4,6-10,12,25,32,40H,2-3,5,11,13-24,33H2,1H3,(H,35,41)(H2,36,37,43)/b6-4-,32-12?,34-25?,38-27-. The molecule has 16 nitrogen and oxygen atoms in total. The molecule has 0 heterocycles. The molecule has 0 aliphatic carbocycles. The minimum atomic E-state index is -0.314. The number of aromatic hydroxyl groups is 1. The molecule has 0 saturated carbocycles. The molecule has 47 heavy (non-hydrogen) atoms. The molecule has 0 aromatic heterocycles. The quantitative estimate of drug-likeness (QED) is 0.0199. The van der Waals surface area contributed by atoms with Gasteiger partial charge >= 0.3 is 6.03 Å². The number of likely N-dealkylation sites (N-methyl/N-ethyl adjacent to an activating group) is 1. The van der Waals surface area contributed by atoms with Crippen molar-refractivity contribution in [1.29, 1.82) is 5.41 Å². The second kappa shape index (κ2) is 27.9. The molecule has 7 N–H and O–H groups in total. The van der Waals surface area contributed by atoms with Crippen LogP contribution in [0.4, 0.5) is 10.5 Å². The largest absolute Gasteiger partial charge is 0.508 e. The van der Waals surface area contributed by atoms with Crippen LogP contribution in [-0.2, 0) is 28.5 Å². The van der Waals surface area contributed by atoms with Crippen LogP contribution in [0.25, 0.3) is 0 Å². The molecule has 0 aliphatic heterocycles. The van der Waals surface area contributed by atoms with Crippen LogP contribution in [0.15, 0.2) is 46.5 Å². The fraction of sp³-hybridized carbons (Fsp3) is 0.548. The monoisotopic (exact) mass is 662 g/mol. The summed E-state index contributed by atoms with van der Waals surface area (Å²) in [4.78, 5) is 41.1. The molecule has 262 valence electrons. The van der Waals surface area contributed by atoms with E-state index in [4.69, 9.17) is 30.2 Å². The molecule has 0 unspecified atom stereocenters. The lowest BCUT2D eigenvalue weighted by molar-refractivity contribution is -0.126. The van der Waals surface area contributed by atoms with Crippen molar-refractivity contribution in [2.45, 2.75) is 25.7 Å². The first-order chi connectivity index (χ1) is 22.8. The van der Waals surface area contributed by atoms with E-state index in [1.165, 1.54) is 29.2 Å². The van der Waals surface area contributed by atoms with E-state index in [0.717, 1.165) is 19.1 Å². The number of carbonyl (C=O) groups excluding carboxylic acids is 3. The highest BCUT2D eigenvalue weighted by atomic mass is 16.6. The topological polar surface area (TPSA) is 222 Å². The smallest absolute Gasteiger partial charge is 0.319 e. The first-order valence-corrected chi connectivity index (χ1v) is 15.5. The number of nitrogens with two attached hydrogens (primary N) is 1. The lowest BCUT2D eigenvalue weighted by Gasteiger charge is -2.15. The molecule has 4 amide bonds. The number of phenols is 1. The Morgan fingerprint density at radius 3 is 2.17 bits per heavy atom. The number of benzene rings is 1. The Hall–Kier alpha value is -4.38. The van der Waals surface area contributed by atoms with E-state index >= 15 is 0 Å². The van der Waals surface area contributed by atoms with E-state index in [0.29, 0.717) is 90.2 Å². The van der Waals surface area contributed by atoms with Gasteiger partial charge in [0.25, 0.3) is 0 Å². The molecule has 0 bridgehead atoms. The van der Waals surface area contributed by atoms with Crippen molar-refractivity contribution in [3.05, 3.63) is 36.4 Å². The summed E-state index contributed by atoms with van der Waals surface area (Å²) in [6, 6.07) is 5.91. The maximum Gasteiger partial charge on any atom is 0.319 e. The van der Waals surface area contributed by atoms with E-state index in [2.05, 4.69) is 26.0 Å². The van der Waals surface area contributed by atoms with Crippen LogP contribution in [0.3, 0.4) is 0 Å². The number of hydrogen-bond donors (Lipinski definition) is 6. The van der Waals surface area contributed by atoms with Crippen molar-refractivity contribution in [1.82, 2.24) is 15.5 Å². The Labute approximate surface area is 276 Å². The third kappa shape index (κ3) is 23.6. The summed E-state index contributed by atoms with van der Waals surface area (Å²) in [5.41, 5.74) is 1.26. The van der Waals surface area contributed by atoms with E-state index in [-0.39, 0.29) is 36.6 Å². The molecule has 1 rings (SSSR count). The second-order valence-corrected chi connectivity index (χ2v) is 9.88. The van der Waals surface area contributed by atoms with E-state index in [1.807, 2.05) is 0 Å². The van der Waals surface area contributed by atoms with Gasteiger partial charge in [-0.05, 0) is 49.6 Å². The number of ether oxygens (including phenoxy) is 4. The zero-order valence-corrected chi connectivity index (χ0v) is 27.2. The van der Waals surface area contributed by atoms with Gasteiger partial charge in [-0.1, -0.05) is 0 Å². The van der Waals surface area contributed by atoms with Crippen LogP contribution in [-0.4, -0.2) is 132 Å². The molecule has 0 atom stereocenters. The van der Waals surface area contributed by atoms with Gasteiger partial charge < -0.3 is 56.2 Å². The van der Waals surface area contributed by atoms with Crippen LogP contribution in [0.2, 0.25) is 0 Å². The maximum absolute atomic E-state index is 11.9. The van der Waals surface area contributed by atoms with Gasteiger partial charge in [0.15, 0.2) is 0 Å². The van der Waals surface area contributed by atoms with E-state index in [9.17, 15) is 19.5 Å². The number of anilines is 1. The Morgan fingerprint density at radius 2 is 1.53 bits per heavy atom. The second-order valence-electron chi connectivity index (χ2n) is 9.88. The van der Waals surface area contributed by atoms with Gasteiger partial charge in [-0.15, -0.1) is 0 Å². The van der Waals surface area contributed by atoms with Crippen molar-refractivity contribution >= 4 is 41.7 Å². The lowest BCUT2D eigenvalue weighted by atomic mass is 10.2.